The summed E-state index contributed by atoms with van der Waals surface area (Å²) in [5, 5.41) is 1.07. The van der Waals surface area contributed by atoms with Crippen molar-refractivity contribution in [1.29, 1.82) is 0 Å². The molecule has 0 N–H and O–H groups in total. The zero-order valence-electron chi connectivity index (χ0n) is 19.6. The summed E-state index contributed by atoms with van der Waals surface area (Å²) < 4.78 is 50.5. The third-order valence-corrected chi connectivity index (χ3v) is 9.85. The molecule has 0 aliphatic carbocycles. The van der Waals surface area contributed by atoms with Crippen molar-refractivity contribution >= 4 is 44.4 Å². The van der Waals surface area contributed by atoms with E-state index in [9.17, 15) is 12.8 Å². The van der Waals surface area contributed by atoms with Crippen LogP contribution >= 0.6 is 23.4 Å². The first-order chi connectivity index (χ1) is 16.8. The summed E-state index contributed by atoms with van der Waals surface area (Å²) in [7, 11) is -3.59. The lowest BCUT2D eigenvalue weighted by atomic mass is 10.0. The van der Waals surface area contributed by atoms with Gasteiger partial charge in [0.25, 0.3) is 0 Å². The molecule has 2 saturated heterocycles. The van der Waals surface area contributed by atoms with Crippen LogP contribution in [-0.4, -0.2) is 48.1 Å². The standard InChI is InChI=1S/C25H29ClFN3O3S2/c1-17-4-2-10-29(14-17)35(31,32)21-8-9-24-23(13-21)28-25(30(24)15-20-5-3-11-33-20)34-16-18-6-7-19(26)12-22(18)27/h6-9,12-13,17,20H,2-5,10-11,14-16H2,1H3/t17-,20-/m1/s1. The van der Waals surface area contributed by atoms with Crippen LogP contribution in [0.4, 0.5) is 4.39 Å². The third-order valence-electron chi connectivity index (χ3n) is 6.72. The summed E-state index contributed by atoms with van der Waals surface area (Å²) in [5.74, 6) is 0.384. The smallest absolute Gasteiger partial charge is 0.243 e. The van der Waals surface area contributed by atoms with Crippen LogP contribution in [0.3, 0.4) is 0 Å². The van der Waals surface area contributed by atoms with Crippen molar-refractivity contribution in [2.45, 2.75) is 61.1 Å². The Hall–Kier alpha value is -1.65. The van der Waals surface area contributed by atoms with Gasteiger partial charge in [-0.15, -0.1) is 0 Å². The molecule has 2 aromatic carbocycles. The summed E-state index contributed by atoms with van der Waals surface area (Å²) in [6, 6.07) is 9.85. The van der Waals surface area contributed by atoms with Crippen LogP contribution < -0.4 is 0 Å². The van der Waals surface area contributed by atoms with Gasteiger partial charge in [-0.1, -0.05) is 36.4 Å². The van der Waals surface area contributed by atoms with Crippen molar-refractivity contribution in [3.8, 4) is 0 Å². The van der Waals surface area contributed by atoms with Crippen molar-refractivity contribution in [3.63, 3.8) is 0 Å². The lowest BCUT2D eigenvalue weighted by Crippen LogP contribution is -2.39. The first-order valence-electron chi connectivity index (χ1n) is 12.0. The van der Waals surface area contributed by atoms with E-state index in [4.69, 9.17) is 21.3 Å². The van der Waals surface area contributed by atoms with Gasteiger partial charge in [0.1, 0.15) is 5.82 Å². The second-order valence-corrected chi connectivity index (χ2v) is 12.7. The van der Waals surface area contributed by atoms with E-state index in [-0.39, 0.29) is 16.8 Å². The van der Waals surface area contributed by atoms with Gasteiger partial charge in [-0.2, -0.15) is 4.31 Å². The fourth-order valence-electron chi connectivity index (χ4n) is 4.82. The largest absolute Gasteiger partial charge is 0.376 e. The summed E-state index contributed by atoms with van der Waals surface area (Å²) in [5.41, 5.74) is 2.01. The molecule has 3 heterocycles. The molecule has 2 atom stereocenters. The molecule has 188 valence electrons. The Kier molecular flexibility index (Phi) is 7.42. The molecule has 0 unspecified atom stereocenters. The normalized spacial score (nSPS) is 21.7. The fourth-order valence-corrected chi connectivity index (χ4v) is 7.61. The van der Waals surface area contributed by atoms with Crippen molar-refractivity contribution in [2.75, 3.05) is 19.7 Å². The second-order valence-electron chi connectivity index (χ2n) is 9.43. The van der Waals surface area contributed by atoms with Gasteiger partial charge in [0.15, 0.2) is 5.16 Å². The first kappa shape index (κ1) is 25.0. The highest BCUT2D eigenvalue weighted by Crippen LogP contribution is 2.32. The monoisotopic (exact) mass is 537 g/mol. The lowest BCUT2D eigenvalue weighted by molar-refractivity contribution is 0.0960. The Bertz CT molecular complexity index is 1320. The number of piperidine rings is 1. The maximum absolute atomic E-state index is 14.4. The van der Waals surface area contributed by atoms with E-state index >= 15 is 0 Å². The fraction of sp³-hybridized carbons (Fsp3) is 0.480. The van der Waals surface area contributed by atoms with E-state index in [1.165, 1.54) is 17.8 Å². The Labute approximate surface area is 214 Å². The van der Waals surface area contributed by atoms with Crippen molar-refractivity contribution < 1.29 is 17.5 Å². The number of nitrogens with zero attached hydrogens (tertiary/aromatic N) is 3. The van der Waals surface area contributed by atoms with Crippen LogP contribution in [0.1, 0.15) is 38.2 Å². The number of ether oxygens (including phenoxy) is 1. The highest BCUT2D eigenvalue weighted by Gasteiger charge is 2.29. The topological polar surface area (TPSA) is 64.4 Å². The Balaban J connectivity index is 1.47. The maximum atomic E-state index is 14.4. The zero-order valence-corrected chi connectivity index (χ0v) is 22.0. The number of thioether (sulfide) groups is 1. The number of aromatic nitrogens is 2. The van der Waals surface area contributed by atoms with Gasteiger partial charge in [-0.25, -0.2) is 17.8 Å². The predicted octanol–water partition coefficient (Wildman–Crippen LogP) is 5.72. The van der Waals surface area contributed by atoms with E-state index < -0.39 is 10.0 Å². The Morgan fingerprint density at radius 2 is 2.06 bits per heavy atom. The highest BCUT2D eigenvalue weighted by molar-refractivity contribution is 7.98. The highest BCUT2D eigenvalue weighted by atomic mass is 35.5. The van der Waals surface area contributed by atoms with Crippen LogP contribution in [0, 0.1) is 11.7 Å². The number of benzene rings is 2. The van der Waals surface area contributed by atoms with Crippen LogP contribution in [0.15, 0.2) is 46.5 Å². The average Bonchev–Trinajstić information content (AvgIpc) is 3.46. The van der Waals surface area contributed by atoms with Crippen molar-refractivity contribution in [1.82, 2.24) is 13.9 Å². The van der Waals surface area contributed by atoms with Gasteiger partial charge in [-0.05, 0) is 67.5 Å². The molecule has 0 saturated carbocycles. The number of sulfonamides is 1. The van der Waals surface area contributed by atoms with E-state index in [1.807, 2.05) is 6.07 Å². The molecule has 0 amide bonds. The molecule has 3 aromatic rings. The zero-order chi connectivity index (χ0) is 24.6. The molecule has 10 heteroatoms. The minimum Gasteiger partial charge on any atom is -0.376 e. The van der Waals surface area contributed by atoms with E-state index in [2.05, 4.69) is 11.5 Å². The van der Waals surface area contributed by atoms with E-state index in [0.717, 1.165) is 37.8 Å². The van der Waals surface area contributed by atoms with Gasteiger partial charge in [0.2, 0.25) is 10.0 Å². The average molecular weight is 538 g/mol. The molecule has 0 radical (unpaired) electrons. The number of hydrogen-bond acceptors (Lipinski definition) is 5. The Morgan fingerprint density at radius 3 is 2.80 bits per heavy atom. The van der Waals surface area contributed by atoms with Gasteiger partial charge in [-0.3, -0.25) is 0 Å². The molecule has 2 aliphatic rings. The van der Waals surface area contributed by atoms with Crippen LogP contribution in [0.2, 0.25) is 5.02 Å². The predicted molar refractivity (Wildman–Crippen MR) is 137 cm³/mol. The molecular formula is C25H29ClFN3O3S2. The quantitative estimate of drug-likeness (QED) is 0.361. The Morgan fingerprint density at radius 1 is 1.20 bits per heavy atom. The molecule has 6 nitrogen and oxygen atoms in total. The maximum Gasteiger partial charge on any atom is 0.243 e. The third kappa shape index (κ3) is 5.39. The van der Waals surface area contributed by atoms with Crippen molar-refractivity contribution in [2.24, 2.45) is 5.92 Å². The van der Waals surface area contributed by atoms with Gasteiger partial charge < -0.3 is 9.30 Å². The lowest BCUT2D eigenvalue weighted by Gasteiger charge is -2.30. The number of rotatable bonds is 7. The molecule has 35 heavy (non-hydrogen) atoms. The second kappa shape index (κ2) is 10.4. The minimum absolute atomic E-state index is 0.0808. The number of hydrogen-bond donors (Lipinski definition) is 0. The molecule has 1 aromatic heterocycles. The van der Waals surface area contributed by atoms with Crippen LogP contribution in [0.25, 0.3) is 11.0 Å². The summed E-state index contributed by atoms with van der Waals surface area (Å²) in [6.45, 7) is 4.54. The summed E-state index contributed by atoms with van der Waals surface area (Å²) >= 11 is 7.32. The molecule has 2 fully saturated rings. The van der Waals surface area contributed by atoms with Gasteiger partial charge in [0.05, 0.1) is 28.6 Å². The SMILES string of the molecule is C[C@@H]1CCCN(S(=O)(=O)c2ccc3c(c2)nc(SCc2ccc(Cl)cc2F)n3C[C@H]2CCCO2)C1. The number of imidazole rings is 1. The van der Waals surface area contributed by atoms with Crippen LogP contribution in [-0.2, 0) is 27.1 Å². The molecule has 0 spiro atoms. The first-order valence-corrected chi connectivity index (χ1v) is 14.8. The van der Waals surface area contributed by atoms with Crippen LogP contribution in [0.5, 0.6) is 0 Å². The van der Waals surface area contributed by atoms with E-state index in [0.29, 0.717) is 52.6 Å². The van der Waals surface area contributed by atoms with Crippen molar-refractivity contribution in [3.05, 3.63) is 52.8 Å². The number of halogens is 2. The molecule has 0 bridgehead atoms. The summed E-state index contributed by atoms with van der Waals surface area (Å²) in [6.07, 6.45) is 3.99. The number of fused-ring (bicyclic) bond motifs is 1. The minimum atomic E-state index is -3.59. The molecule has 2 aliphatic heterocycles. The summed E-state index contributed by atoms with van der Waals surface area (Å²) in [4.78, 5) is 5.06. The molecule has 5 rings (SSSR count). The molecular weight excluding hydrogens is 509 g/mol. The van der Waals surface area contributed by atoms with Gasteiger partial charge in [0, 0.05) is 30.5 Å². The van der Waals surface area contributed by atoms with E-state index in [1.54, 1.807) is 28.6 Å². The van der Waals surface area contributed by atoms with Gasteiger partial charge >= 0.3 is 0 Å².